The Balaban J connectivity index is 2.30. The Kier molecular flexibility index (Phi) is 3.49. The summed E-state index contributed by atoms with van der Waals surface area (Å²) in [4.78, 5) is 4.02. The molecule has 0 spiro atoms. The third-order valence-corrected chi connectivity index (χ3v) is 3.82. The Labute approximate surface area is 111 Å². The van der Waals surface area contributed by atoms with Crippen LogP contribution in [0.3, 0.4) is 0 Å². The zero-order chi connectivity index (χ0) is 13.9. The number of aryl methyl sites for hydroxylation is 1. The number of pyridine rings is 1. The van der Waals surface area contributed by atoms with Gasteiger partial charge in [0.15, 0.2) is 0 Å². The van der Waals surface area contributed by atoms with E-state index in [9.17, 15) is 8.42 Å². The van der Waals surface area contributed by atoms with Crippen LogP contribution in [0.4, 0.5) is 5.69 Å². The van der Waals surface area contributed by atoms with Crippen molar-refractivity contribution in [2.24, 2.45) is 0 Å². The van der Waals surface area contributed by atoms with E-state index < -0.39 is 10.0 Å². The quantitative estimate of drug-likeness (QED) is 0.927. The molecular weight excluding hydrogens is 262 g/mol. The van der Waals surface area contributed by atoms with Gasteiger partial charge >= 0.3 is 0 Å². The zero-order valence-corrected chi connectivity index (χ0v) is 11.0. The Hall–Kier alpha value is -2.39. The lowest BCUT2D eigenvalue weighted by atomic mass is 10.2. The first-order chi connectivity index (χ1) is 9.01. The molecule has 0 aliphatic heterocycles. The van der Waals surface area contributed by atoms with Crippen molar-refractivity contribution in [2.45, 2.75) is 11.8 Å². The van der Waals surface area contributed by atoms with Crippen molar-refractivity contribution in [2.75, 3.05) is 4.72 Å². The normalized spacial score (nSPS) is 10.7. The number of nitriles is 1. The van der Waals surface area contributed by atoms with Gasteiger partial charge in [0.05, 0.1) is 28.4 Å². The molecule has 0 unspecified atom stereocenters. The van der Waals surface area contributed by atoms with E-state index in [0.717, 1.165) is 5.56 Å². The highest BCUT2D eigenvalue weighted by atomic mass is 32.2. The Morgan fingerprint density at radius 2 is 1.89 bits per heavy atom. The van der Waals surface area contributed by atoms with Crippen molar-refractivity contribution in [3.63, 3.8) is 0 Å². The summed E-state index contributed by atoms with van der Waals surface area (Å²) < 4.78 is 26.6. The maximum Gasteiger partial charge on any atom is 0.261 e. The molecule has 6 heteroatoms. The molecule has 5 nitrogen and oxygen atoms in total. The third-order valence-electron chi connectivity index (χ3n) is 2.42. The molecule has 1 N–H and O–H groups in total. The highest BCUT2D eigenvalue weighted by Gasteiger charge is 2.14. The summed E-state index contributed by atoms with van der Waals surface area (Å²) in [7, 11) is -3.65. The highest BCUT2D eigenvalue weighted by Crippen LogP contribution is 2.16. The molecule has 0 atom stereocenters. The molecule has 19 heavy (non-hydrogen) atoms. The van der Waals surface area contributed by atoms with Crippen LogP contribution >= 0.6 is 0 Å². The van der Waals surface area contributed by atoms with Crippen LogP contribution in [-0.4, -0.2) is 13.4 Å². The number of sulfonamides is 1. The Morgan fingerprint density at radius 3 is 2.47 bits per heavy atom. The van der Waals surface area contributed by atoms with Crippen molar-refractivity contribution in [3.05, 3.63) is 53.9 Å². The molecule has 1 heterocycles. The molecule has 0 aliphatic rings. The Morgan fingerprint density at radius 1 is 1.21 bits per heavy atom. The van der Waals surface area contributed by atoms with Gasteiger partial charge in [-0.05, 0) is 42.8 Å². The summed E-state index contributed by atoms with van der Waals surface area (Å²) in [5.41, 5.74) is 1.68. The molecule has 96 valence electrons. The summed E-state index contributed by atoms with van der Waals surface area (Å²) in [5.74, 6) is 0. The van der Waals surface area contributed by atoms with Crippen molar-refractivity contribution in [1.82, 2.24) is 4.98 Å². The second-order valence-electron chi connectivity index (χ2n) is 3.99. The van der Waals surface area contributed by atoms with Crippen LogP contribution in [0.1, 0.15) is 11.1 Å². The number of nitrogens with one attached hydrogen (secondary N) is 1. The number of rotatable bonds is 3. The lowest BCUT2D eigenvalue weighted by Gasteiger charge is -2.08. The molecule has 0 aliphatic carbocycles. The first-order valence-corrected chi connectivity index (χ1v) is 6.94. The minimum atomic E-state index is -3.65. The van der Waals surface area contributed by atoms with Gasteiger partial charge in [0.1, 0.15) is 0 Å². The van der Waals surface area contributed by atoms with Crippen LogP contribution < -0.4 is 4.72 Å². The minimum absolute atomic E-state index is 0.105. The van der Waals surface area contributed by atoms with Crippen LogP contribution in [0.2, 0.25) is 0 Å². The molecule has 0 amide bonds. The maximum absolute atomic E-state index is 12.1. The van der Waals surface area contributed by atoms with E-state index in [1.54, 1.807) is 12.3 Å². The molecule has 0 bridgehead atoms. The average Bonchev–Trinajstić information content (AvgIpc) is 2.38. The lowest BCUT2D eigenvalue weighted by Crippen LogP contribution is -2.13. The van der Waals surface area contributed by atoms with Gasteiger partial charge in [0.25, 0.3) is 10.0 Å². The molecule has 2 rings (SSSR count). The highest BCUT2D eigenvalue weighted by molar-refractivity contribution is 7.92. The number of benzene rings is 1. The van der Waals surface area contributed by atoms with Crippen LogP contribution in [0.15, 0.2) is 47.6 Å². The van der Waals surface area contributed by atoms with Gasteiger partial charge < -0.3 is 0 Å². The van der Waals surface area contributed by atoms with E-state index >= 15 is 0 Å². The van der Waals surface area contributed by atoms with E-state index in [2.05, 4.69) is 9.71 Å². The standard InChI is InChI=1S/C13H11N3O2S/c1-10-6-12(9-15-8-10)16-19(17,18)13-4-2-11(7-14)3-5-13/h2-6,8-9,16H,1H3. The number of nitrogens with zero attached hydrogens (tertiary/aromatic N) is 2. The molecule has 0 fully saturated rings. The fourth-order valence-electron chi connectivity index (χ4n) is 1.53. The van der Waals surface area contributed by atoms with Crippen molar-refractivity contribution in [1.29, 1.82) is 5.26 Å². The fourth-order valence-corrected chi connectivity index (χ4v) is 2.57. The van der Waals surface area contributed by atoms with Gasteiger partial charge in [-0.2, -0.15) is 5.26 Å². The van der Waals surface area contributed by atoms with E-state index in [1.807, 2.05) is 13.0 Å². The molecule has 0 saturated heterocycles. The first-order valence-electron chi connectivity index (χ1n) is 5.46. The number of hydrogen-bond acceptors (Lipinski definition) is 4. The molecule has 0 radical (unpaired) electrons. The second-order valence-corrected chi connectivity index (χ2v) is 5.68. The van der Waals surface area contributed by atoms with Gasteiger partial charge in [-0.25, -0.2) is 8.42 Å². The van der Waals surface area contributed by atoms with Gasteiger partial charge in [-0.3, -0.25) is 9.71 Å². The number of aromatic nitrogens is 1. The van der Waals surface area contributed by atoms with E-state index in [-0.39, 0.29) is 4.90 Å². The van der Waals surface area contributed by atoms with Crippen LogP contribution in [-0.2, 0) is 10.0 Å². The van der Waals surface area contributed by atoms with Crippen LogP contribution in [0, 0.1) is 18.3 Å². The monoisotopic (exact) mass is 273 g/mol. The van der Waals surface area contributed by atoms with E-state index in [4.69, 9.17) is 5.26 Å². The van der Waals surface area contributed by atoms with Gasteiger partial charge in [-0.15, -0.1) is 0 Å². The topological polar surface area (TPSA) is 82.8 Å². The third kappa shape index (κ3) is 3.09. The number of hydrogen-bond donors (Lipinski definition) is 1. The smallest absolute Gasteiger partial charge is 0.261 e. The van der Waals surface area contributed by atoms with Crippen molar-refractivity contribution >= 4 is 15.7 Å². The molecule has 2 aromatic rings. The lowest BCUT2D eigenvalue weighted by molar-refractivity contribution is 0.601. The Bertz CT molecular complexity index is 731. The summed E-state index contributed by atoms with van der Waals surface area (Å²) in [6, 6.07) is 9.33. The van der Waals surface area contributed by atoms with Gasteiger partial charge in [0, 0.05) is 6.20 Å². The van der Waals surface area contributed by atoms with Gasteiger partial charge in [0.2, 0.25) is 0 Å². The van der Waals surface area contributed by atoms with Crippen LogP contribution in [0.25, 0.3) is 0 Å². The average molecular weight is 273 g/mol. The molecular formula is C13H11N3O2S. The molecule has 1 aromatic carbocycles. The molecule has 1 aromatic heterocycles. The summed E-state index contributed by atoms with van der Waals surface area (Å²) >= 11 is 0. The SMILES string of the molecule is Cc1cncc(NS(=O)(=O)c2ccc(C#N)cc2)c1. The summed E-state index contributed by atoms with van der Waals surface area (Å²) in [5, 5.41) is 8.67. The number of anilines is 1. The first kappa shape index (κ1) is 13.1. The van der Waals surface area contributed by atoms with Crippen molar-refractivity contribution < 1.29 is 8.42 Å². The fraction of sp³-hybridized carbons (Fsp3) is 0.0769. The predicted octanol–water partition coefficient (Wildman–Crippen LogP) is 2.06. The van der Waals surface area contributed by atoms with E-state index in [1.165, 1.54) is 30.5 Å². The molecule has 0 saturated carbocycles. The van der Waals surface area contributed by atoms with Gasteiger partial charge in [-0.1, -0.05) is 0 Å². The largest absolute Gasteiger partial charge is 0.278 e. The minimum Gasteiger partial charge on any atom is -0.278 e. The van der Waals surface area contributed by atoms with E-state index in [0.29, 0.717) is 11.3 Å². The predicted molar refractivity (Wildman–Crippen MR) is 70.9 cm³/mol. The summed E-state index contributed by atoms with van der Waals surface area (Å²) in [6.45, 7) is 1.83. The van der Waals surface area contributed by atoms with Crippen molar-refractivity contribution in [3.8, 4) is 6.07 Å². The van der Waals surface area contributed by atoms with Crippen LogP contribution in [0.5, 0.6) is 0 Å². The second kappa shape index (κ2) is 5.08. The zero-order valence-electron chi connectivity index (χ0n) is 10.2. The maximum atomic E-state index is 12.1. The summed E-state index contributed by atoms with van der Waals surface area (Å²) in [6.07, 6.45) is 3.08.